The quantitative estimate of drug-likeness (QED) is 0.120. The summed E-state index contributed by atoms with van der Waals surface area (Å²) in [5.74, 6) is -7.96. The zero-order valence-corrected chi connectivity index (χ0v) is 43.1. The fraction of sp³-hybridized carbons (Fsp3) is 0.759. The number of fused-ring (bicyclic) bond motifs is 3. The number of ketones is 3. The molecule has 0 radical (unpaired) electrons. The normalized spacial score (nSPS) is 38.8. The Labute approximate surface area is 411 Å². The summed E-state index contributed by atoms with van der Waals surface area (Å²) in [6.07, 6.45) is 12.1. The number of carbonyl (C=O) groups is 5. The van der Waals surface area contributed by atoms with Gasteiger partial charge < -0.3 is 48.6 Å². The first kappa shape index (κ1) is 58.2. The fourth-order valence-corrected chi connectivity index (χ4v) is 10.6. The van der Waals surface area contributed by atoms with Gasteiger partial charge >= 0.3 is 5.97 Å². The second kappa shape index (κ2) is 28.0. The van der Waals surface area contributed by atoms with E-state index < -0.39 is 77.8 Å². The van der Waals surface area contributed by atoms with Crippen LogP contribution < -0.4 is 0 Å². The van der Waals surface area contributed by atoms with Crippen LogP contribution >= 0.6 is 0 Å². The molecule has 69 heavy (non-hydrogen) atoms. The number of allylic oxidation sites excluding steroid dienone is 6. The molecule has 3 fully saturated rings. The average molecular weight is 972 g/mol. The van der Waals surface area contributed by atoms with Gasteiger partial charge in [0.1, 0.15) is 30.1 Å². The van der Waals surface area contributed by atoms with Crippen molar-refractivity contribution >= 4 is 29.2 Å². The first-order valence-electron chi connectivity index (χ1n) is 25.6. The molecule has 0 aromatic heterocycles. The summed E-state index contributed by atoms with van der Waals surface area (Å²) in [4.78, 5) is 72.3. The van der Waals surface area contributed by atoms with Gasteiger partial charge in [-0.1, -0.05) is 71.1 Å². The predicted molar refractivity (Wildman–Crippen MR) is 261 cm³/mol. The lowest BCUT2D eigenvalue weighted by Crippen LogP contribution is -2.61. The Morgan fingerprint density at radius 3 is 2.29 bits per heavy atom. The smallest absolute Gasteiger partial charge is 0.329 e. The Hall–Kier alpha value is -3.41. The summed E-state index contributed by atoms with van der Waals surface area (Å²) in [7, 11) is 3.01. The molecular weight excluding hydrogens is 887 g/mol. The van der Waals surface area contributed by atoms with Crippen LogP contribution in [0.3, 0.4) is 0 Å². The predicted octanol–water partition coefficient (Wildman–Crippen LogP) is 6.59. The van der Waals surface area contributed by atoms with E-state index in [2.05, 4.69) is 0 Å². The lowest BCUT2D eigenvalue weighted by Gasteiger charge is -2.43. The molecule has 1 unspecified atom stereocenters. The highest BCUT2D eigenvalue weighted by molar-refractivity contribution is 6.39. The number of aliphatic hydroxyl groups is 3. The average Bonchev–Trinajstić information content (AvgIpc) is 3.33. The summed E-state index contributed by atoms with van der Waals surface area (Å²) in [6.45, 7) is 15.2. The van der Waals surface area contributed by atoms with Crippen molar-refractivity contribution < 1.29 is 67.7 Å². The SMILES string of the molecule is CCO[C@H]1CC2CC[C@@H](C)[C@@](O)(O2)C(=O)C(=O)N2CCCC[C@H]2C(=O)O[C@H]([C@H](C)C[C@@H]2CC[C@@H](OCCO)[C@H](OC)C2)CC(=O)[C@H](C)/C=C(/C)[C@@H](O)[C@@H](OC)C(=O)[C@H](C)C[C@H](C)/C=C/C=C\C=C\1C. The topological polar surface area (TPSA) is 205 Å². The maximum atomic E-state index is 14.5. The number of hydrogen-bond acceptors (Lipinski definition) is 14. The van der Waals surface area contributed by atoms with E-state index in [1.54, 1.807) is 34.0 Å². The molecule has 2 saturated heterocycles. The number of nitrogens with zero attached hydrogens (tertiary/aromatic N) is 1. The fourth-order valence-electron chi connectivity index (χ4n) is 10.6. The minimum atomic E-state index is -2.43. The summed E-state index contributed by atoms with van der Waals surface area (Å²) >= 11 is 0. The number of hydrogen-bond donors (Lipinski definition) is 3. The van der Waals surface area contributed by atoms with Crippen molar-refractivity contribution in [1.29, 1.82) is 0 Å². The molecule has 390 valence electrons. The minimum Gasteiger partial charge on any atom is -0.460 e. The van der Waals surface area contributed by atoms with Crippen LogP contribution in [0.2, 0.25) is 0 Å². The van der Waals surface area contributed by atoms with Gasteiger partial charge in [-0.3, -0.25) is 19.2 Å². The van der Waals surface area contributed by atoms with Crippen LogP contribution in [-0.4, -0.2) is 145 Å². The molecule has 4 aliphatic rings. The Morgan fingerprint density at radius 1 is 0.870 bits per heavy atom. The van der Waals surface area contributed by atoms with Crippen LogP contribution in [0.4, 0.5) is 0 Å². The van der Waals surface area contributed by atoms with Gasteiger partial charge in [-0.05, 0) is 114 Å². The van der Waals surface area contributed by atoms with Gasteiger partial charge in [-0.15, -0.1) is 0 Å². The number of methoxy groups -OCH3 is 2. The zero-order chi connectivity index (χ0) is 51.0. The molecule has 2 bridgehead atoms. The van der Waals surface area contributed by atoms with Crippen LogP contribution in [0.15, 0.2) is 47.6 Å². The van der Waals surface area contributed by atoms with Crippen molar-refractivity contribution in [3.8, 4) is 0 Å². The molecule has 3 N–H and O–H groups in total. The lowest BCUT2D eigenvalue weighted by atomic mass is 9.78. The number of piperidine rings is 1. The van der Waals surface area contributed by atoms with Gasteiger partial charge in [0, 0.05) is 58.0 Å². The monoisotopic (exact) mass is 972 g/mol. The number of rotatable bonds is 10. The molecule has 3 heterocycles. The van der Waals surface area contributed by atoms with E-state index in [1.165, 1.54) is 12.0 Å². The van der Waals surface area contributed by atoms with E-state index in [1.807, 2.05) is 65.0 Å². The largest absolute Gasteiger partial charge is 0.460 e. The molecular formula is C54H85NO14. The maximum Gasteiger partial charge on any atom is 0.329 e. The summed E-state index contributed by atoms with van der Waals surface area (Å²) in [5.41, 5.74) is 1.28. The summed E-state index contributed by atoms with van der Waals surface area (Å²) < 4.78 is 35.9. The molecule has 3 aliphatic heterocycles. The van der Waals surface area contributed by atoms with E-state index >= 15 is 0 Å². The van der Waals surface area contributed by atoms with Gasteiger partial charge in [0.05, 0.1) is 37.6 Å². The standard InChI is InChI=1S/C54H85NO14/c1-11-66-45-31-41-22-20-39(8)54(63,69-41)51(60)52(61)55-24-16-15-19-42(55)53(62)68-46(36(5)29-40-21-23-44(67-26-25-56)47(30-40)64-9)32-43(57)35(4)28-38(7)49(59)50(65-10)48(58)37(6)27-33(2)17-13-12-14-18-34(45)3/h12-14,17-18,28,33,35-37,39-42,44-47,49-50,56,59,63H,11,15-16,19-27,29-32H2,1-10H3/b14-12-,17-13+,34-18+,38-28-/t33-,35-,36-,37-,39-,40+,41?,42+,44-,45+,46+,47-,49-,50+,54-/m1/s1. The van der Waals surface area contributed by atoms with Gasteiger partial charge in [0.2, 0.25) is 5.79 Å². The number of carbonyl (C=O) groups excluding carboxylic acids is 5. The Morgan fingerprint density at radius 2 is 1.61 bits per heavy atom. The maximum absolute atomic E-state index is 14.5. The van der Waals surface area contributed by atoms with Crippen LogP contribution in [0, 0.1) is 35.5 Å². The van der Waals surface area contributed by atoms with Crippen LogP contribution in [0.25, 0.3) is 0 Å². The molecule has 0 spiro atoms. The Kier molecular flexibility index (Phi) is 23.6. The molecule has 15 nitrogen and oxygen atoms in total. The van der Waals surface area contributed by atoms with E-state index in [0.29, 0.717) is 70.0 Å². The lowest BCUT2D eigenvalue weighted by molar-refractivity contribution is -0.266. The van der Waals surface area contributed by atoms with Crippen molar-refractivity contribution in [3.63, 3.8) is 0 Å². The molecule has 15 heteroatoms. The highest BCUT2D eigenvalue weighted by Crippen LogP contribution is 2.38. The molecule has 1 saturated carbocycles. The molecule has 4 rings (SSSR count). The number of Topliss-reactive ketones (excluding diaryl/α,β-unsaturated/α-hetero) is 3. The number of aliphatic hydroxyl groups excluding tert-OH is 2. The Balaban J connectivity index is 1.71. The Bertz CT molecular complexity index is 1830. The van der Waals surface area contributed by atoms with Crippen molar-refractivity contribution in [1.82, 2.24) is 4.90 Å². The van der Waals surface area contributed by atoms with Crippen LogP contribution in [0.5, 0.6) is 0 Å². The highest BCUT2D eigenvalue weighted by Gasteiger charge is 2.53. The second-order valence-corrected chi connectivity index (χ2v) is 20.4. The van der Waals surface area contributed by atoms with Gasteiger partial charge in [-0.2, -0.15) is 0 Å². The molecule has 1 amide bonds. The summed E-state index contributed by atoms with van der Waals surface area (Å²) in [5, 5.41) is 32.9. The molecule has 0 aromatic rings. The zero-order valence-electron chi connectivity index (χ0n) is 43.1. The number of ether oxygens (including phenoxy) is 6. The van der Waals surface area contributed by atoms with Crippen LogP contribution in [0.1, 0.15) is 132 Å². The number of amides is 1. The van der Waals surface area contributed by atoms with E-state index in [4.69, 9.17) is 28.4 Å². The first-order valence-corrected chi connectivity index (χ1v) is 25.6. The van der Waals surface area contributed by atoms with Crippen molar-refractivity contribution in [3.05, 3.63) is 47.6 Å². The second-order valence-electron chi connectivity index (χ2n) is 20.4. The van der Waals surface area contributed by atoms with E-state index in [-0.39, 0.29) is 74.1 Å². The third-order valence-electron chi connectivity index (χ3n) is 15.0. The molecule has 1 aliphatic carbocycles. The van der Waals surface area contributed by atoms with E-state index in [0.717, 1.165) is 12.0 Å². The number of esters is 1. The van der Waals surface area contributed by atoms with Crippen molar-refractivity contribution in [2.75, 3.05) is 40.6 Å². The molecule has 0 aromatic carbocycles. The third kappa shape index (κ3) is 16.0. The van der Waals surface area contributed by atoms with Gasteiger partial charge in [0.15, 0.2) is 5.78 Å². The third-order valence-corrected chi connectivity index (χ3v) is 15.0. The van der Waals surface area contributed by atoms with E-state index in [9.17, 15) is 39.3 Å². The number of cyclic esters (lactones) is 1. The van der Waals surface area contributed by atoms with Gasteiger partial charge in [0.25, 0.3) is 11.7 Å². The molecule has 15 atom stereocenters. The first-order chi connectivity index (χ1) is 32.8. The van der Waals surface area contributed by atoms with Gasteiger partial charge in [-0.25, -0.2) is 4.79 Å². The summed E-state index contributed by atoms with van der Waals surface area (Å²) in [6, 6.07) is -1.15. The van der Waals surface area contributed by atoms with Crippen molar-refractivity contribution in [2.24, 2.45) is 35.5 Å². The van der Waals surface area contributed by atoms with Crippen molar-refractivity contribution in [2.45, 2.75) is 187 Å². The van der Waals surface area contributed by atoms with Crippen LogP contribution in [-0.2, 0) is 52.4 Å². The highest BCUT2D eigenvalue weighted by atomic mass is 16.6. The minimum absolute atomic E-state index is 0.0153.